The van der Waals surface area contributed by atoms with E-state index in [9.17, 15) is 14.7 Å². The number of hydrogen-bond acceptors (Lipinski definition) is 4. The second kappa shape index (κ2) is 8.07. The standard InChI is InChI=1S/C25H28N2O3/c1-16-6-4-8-20(13-16)27-24(29)22(21-10-9-17(2)12-18(21)3)23(25(27)30)26-11-5-7-19(14-26)15-28/h4,6,8-10,12-13,19,28H,5,7,11,14-15H2,1-3H3. The number of aliphatic hydroxyl groups is 1. The molecule has 1 unspecified atom stereocenters. The molecule has 0 bridgehead atoms. The van der Waals surface area contributed by atoms with Crippen molar-refractivity contribution in [2.24, 2.45) is 5.92 Å². The van der Waals surface area contributed by atoms with E-state index >= 15 is 0 Å². The molecular weight excluding hydrogens is 376 g/mol. The number of hydrogen-bond donors (Lipinski definition) is 1. The molecule has 0 radical (unpaired) electrons. The van der Waals surface area contributed by atoms with Crippen molar-refractivity contribution in [3.8, 4) is 0 Å². The molecule has 0 aromatic heterocycles. The third-order valence-corrected chi connectivity index (χ3v) is 6.06. The Morgan fingerprint density at radius 2 is 1.77 bits per heavy atom. The van der Waals surface area contributed by atoms with Crippen molar-refractivity contribution in [3.63, 3.8) is 0 Å². The van der Waals surface area contributed by atoms with E-state index in [1.54, 1.807) is 6.07 Å². The van der Waals surface area contributed by atoms with E-state index in [0.717, 1.165) is 35.1 Å². The summed E-state index contributed by atoms with van der Waals surface area (Å²) in [6.07, 6.45) is 1.82. The molecule has 2 amide bonds. The van der Waals surface area contributed by atoms with Crippen LogP contribution in [-0.4, -0.2) is 41.5 Å². The predicted molar refractivity (Wildman–Crippen MR) is 118 cm³/mol. The highest BCUT2D eigenvalue weighted by Crippen LogP contribution is 2.37. The van der Waals surface area contributed by atoms with Crippen molar-refractivity contribution < 1.29 is 14.7 Å². The van der Waals surface area contributed by atoms with Crippen LogP contribution in [0.1, 0.15) is 35.1 Å². The number of carbonyl (C=O) groups excluding carboxylic acids is 2. The minimum atomic E-state index is -0.279. The summed E-state index contributed by atoms with van der Waals surface area (Å²) in [6.45, 7) is 7.33. The lowest BCUT2D eigenvalue weighted by atomic mass is 9.95. The lowest BCUT2D eigenvalue weighted by Gasteiger charge is -2.34. The van der Waals surface area contributed by atoms with Crippen LogP contribution in [0.2, 0.25) is 0 Å². The van der Waals surface area contributed by atoms with Crippen LogP contribution >= 0.6 is 0 Å². The zero-order valence-corrected chi connectivity index (χ0v) is 17.8. The number of rotatable bonds is 4. The highest BCUT2D eigenvalue weighted by Gasteiger charge is 2.43. The maximum Gasteiger partial charge on any atom is 0.282 e. The number of piperidine rings is 1. The molecule has 4 rings (SSSR count). The van der Waals surface area contributed by atoms with Gasteiger partial charge >= 0.3 is 0 Å². The van der Waals surface area contributed by atoms with E-state index in [-0.39, 0.29) is 24.3 Å². The molecule has 156 valence electrons. The van der Waals surface area contributed by atoms with Crippen LogP contribution in [0, 0.1) is 26.7 Å². The van der Waals surface area contributed by atoms with Crippen molar-refractivity contribution in [1.29, 1.82) is 0 Å². The molecule has 5 heteroatoms. The first-order valence-electron chi connectivity index (χ1n) is 10.5. The fourth-order valence-corrected chi connectivity index (χ4v) is 4.57. The lowest BCUT2D eigenvalue weighted by Crippen LogP contribution is -2.40. The van der Waals surface area contributed by atoms with Gasteiger partial charge in [-0.3, -0.25) is 9.59 Å². The molecule has 30 heavy (non-hydrogen) atoms. The molecule has 1 saturated heterocycles. The second-order valence-corrected chi connectivity index (χ2v) is 8.46. The molecule has 1 N–H and O–H groups in total. The highest BCUT2D eigenvalue weighted by molar-refractivity contribution is 6.45. The zero-order chi connectivity index (χ0) is 21.4. The average Bonchev–Trinajstić information content (AvgIpc) is 2.98. The average molecular weight is 405 g/mol. The predicted octanol–water partition coefficient (Wildman–Crippen LogP) is 3.60. The Hall–Kier alpha value is -2.92. The first kappa shape index (κ1) is 20.4. The molecule has 2 heterocycles. The van der Waals surface area contributed by atoms with E-state index < -0.39 is 0 Å². The number of benzene rings is 2. The molecule has 1 fully saturated rings. The number of imide groups is 1. The topological polar surface area (TPSA) is 60.9 Å². The zero-order valence-electron chi connectivity index (χ0n) is 17.8. The number of aliphatic hydroxyl groups excluding tert-OH is 1. The van der Waals surface area contributed by atoms with Gasteiger partial charge in [0.25, 0.3) is 11.8 Å². The second-order valence-electron chi connectivity index (χ2n) is 8.46. The van der Waals surface area contributed by atoms with Crippen LogP contribution in [0.3, 0.4) is 0 Å². The fourth-order valence-electron chi connectivity index (χ4n) is 4.57. The Kier molecular flexibility index (Phi) is 5.48. The quantitative estimate of drug-likeness (QED) is 0.791. The molecular formula is C25H28N2O3. The van der Waals surface area contributed by atoms with Crippen LogP contribution in [0.4, 0.5) is 5.69 Å². The summed E-state index contributed by atoms with van der Waals surface area (Å²) in [4.78, 5) is 30.6. The minimum Gasteiger partial charge on any atom is -0.396 e. The Bertz CT molecular complexity index is 1040. The fraction of sp³-hybridized carbons (Fsp3) is 0.360. The maximum absolute atomic E-state index is 13.6. The largest absolute Gasteiger partial charge is 0.396 e. The number of likely N-dealkylation sites (tertiary alicyclic amines) is 1. The summed E-state index contributed by atoms with van der Waals surface area (Å²) in [5.41, 5.74) is 5.42. The van der Waals surface area contributed by atoms with Crippen LogP contribution < -0.4 is 4.90 Å². The smallest absolute Gasteiger partial charge is 0.282 e. The van der Waals surface area contributed by atoms with Crippen molar-refractivity contribution >= 4 is 23.1 Å². The van der Waals surface area contributed by atoms with Crippen molar-refractivity contribution in [3.05, 3.63) is 70.4 Å². The Balaban J connectivity index is 1.85. The maximum atomic E-state index is 13.6. The van der Waals surface area contributed by atoms with Crippen molar-refractivity contribution in [2.75, 3.05) is 24.6 Å². The van der Waals surface area contributed by atoms with Gasteiger partial charge in [0.1, 0.15) is 5.70 Å². The summed E-state index contributed by atoms with van der Waals surface area (Å²) >= 11 is 0. The van der Waals surface area contributed by atoms with Crippen LogP contribution in [0.25, 0.3) is 5.57 Å². The Labute approximate surface area is 177 Å². The molecule has 0 aliphatic carbocycles. The lowest BCUT2D eigenvalue weighted by molar-refractivity contribution is -0.120. The van der Waals surface area contributed by atoms with Gasteiger partial charge in [-0.1, -0.05) is 35.9 Å². The van der Waals surface area contributed by atoms with Gasteiger partial charge in [-0.25, -0.2) is 4.90 Å². The summed E-state index contributed by atoms with van der Waals surface area (Å²) < 4.78 is 0. The van der Waals surface area contributed by atoms with Crippen molar-refractivity contribution in [1.82, 2.24) is 4.90 Å². The summed E-state index contributed by atoms with van der Waals surface area (Å²) in [6, 6.07) is 13.4. The normalized spacial score (nSPS) is 19.8. The molecule has 1 atom stereocenters. The minimum absolute atomic E-state index is 0.0897. The van der Waals surface area contributed by atoms with Crippen LogP contribution in [0.5, 0.6) is 0 Å². The molecule has 0 spiro atoms. The van der Waals surface area contributed by atoms with E-state index in [1.807, 2.05) is 62.1 Å². The van der Waals surface area contributed by atoms with Gasteiger partial charge in [0, 0.05) is 19.7 Å². The van der Waals surface area contributed by atoms with Gasteiger partial charge in [-0.2, -0.15) is 0 Å². The number of nitrogens with zero attached hydrogens (tertiary/aromatic N) is 2. The number of anilines is 1. The van der Waals surface area contributed by atoms with Crippen molar-refractivity contribution in [2.45, 2.75) is 33.6 Å². The highest BCUT2D eigenvalue weighted by atomic mass is 16.3. The third-order valence-electron chi connectivity index (χ3n) is 6.06. The SMILES string of the molecule is Cc1cccc(N2C(=O)C(c3ccc(C)cc3C)=C(N3CCCC(CO)C3)C2=O)c1. The summed E-state index contributed by atoms with van der Waals surface area (Å²) in [7, 11) is 0. The molecule has 5 nitrogen and oxygen atoms in total. The van der Waals surface area contributed by atoms with Gasteiger partial charge in [0.2, 0.25) is 0 Å². The molecule has 2 aliphatic heterocycles. The number of amides is 2. The summed E-state index contributed by atoms with van der Waals surface area (Å²) in [5, 5.41) is 9.68. The monoisotopic (exact) mass is 404 g/mol. The summed E-state index contributed by atoms with van der Waals surface area (Å²) in [5.74, 6) is -0.444. The molecule has 2 aromatic carbocycles. The molecule has 2 aliphatic rings. The van der Waals surface area contributed by atoms with Gasteiger partial charge in [0.15, 0.2) is 0 Å². The van der Waals surface area contributed by atoms with Gasteiger partial charge in [-0.15, -0.1) is 0 Å². The van der Waals surface area contributed by atoms with E-state index in [0.29, 0.717) is 30.0 Å². The van der Waals surface area contributed by atoms with Gasteiger partial charge in [-0.05, 0) is 68.4 Å². The van der Waals surface area contributed by atoms with Crippen LogP contribution in [0.15, 0.2) is 48.2 Å². The van der Waals surface area contributed by atoms with E-state index in [4.69, 9.17) is 0 Å². The molecule has 0 saturated carbocycles. The van der Waals surface area contributed by atoms with Gasteiger partial charge < -0.3 is 10.0 Å². The van der Waals surface area contributed by atoms with E-state index in [1.165, 1.54) is 4.90 Å². The third kappa shape index (κ3) is 3.54. The Morgan fingerprint density at radius 1 is 1.00 bits per heavy atom. The first-order chi connectivity index (χ1) is 14.4. The van der Waals surface area contributed by atoms with Crippen LogP contribution in [-0.2, 0) is 9.59 Å². The number of carbonyl (C=O) groups is 2. The number of aryl methyl sites for hydroxylation is 3. The van der Waals surface area contributed by atoms with Gasteiger partial charge in [0.05, 0.1) is 11.3 Å². The first-order valence-corrected chi connectivity index (χ1v) is 10.5. The molecule has 2 aromatic rings. The Morgan fingerprint density at radius 3 is 2.47 bits per heavy atom. The van der Waals surface area contributed by atoms with E-state index in [2.05, 4.69) is 0 Å².